The van der Waals surface area contributed by atoms with Crippen molar-refractivity contribution in [2.24, 2.45) is 0 Å². The zero-order valence-electron chi connectivity index (χ0n) is 19.6. The van der Waals surface area contributed by atoms with Crippen molar-refractivity contribution in [3.8, 4) is 28.3 Å². The van der Waals surface area contributed by atoms with Crippen LogP contribution < -0.4 is 4.74 Å². The molecule has 1 heterocycles. The van der Waals surface area contributed by atoms with Gasteiger partial charge in [0.2, 0.25) is 0 Å². The van der Waals surface area contributed by atoms with Crippen molar-refractivity contribution >= 4 is 0 Å². The average molecular weight is 538 g/mol. The Morgan fingerprint density at radius 2 is 1.32 bits per heavy atom. The normalized spacial score (nSPS) is 11.6. The Labute approximate surface area is 211 Å². The minimum absolute atomic E-state index is 0.0931. The molecule has 0 amide bonds. The lowest BCUT2D eigenvalue weighted by atomic mass is 10.00. The van der Waals surface area contributed by atoms with Crippen LogP contribution in [0, 0.1) is 34.9 Å². The Bertz CT molecular complexity index is 1430. The van der Waals surface area contributed by atoms with Crippen LogP contribution >= 0.6 is 0 Å². The molecule has 0 aliphatic rings. The number of hydrogen-bond donors (Lipinski definition) is 0. The lowest BCUT2D eigenvalue weighted by molar-refractivity contribution is -0.189. The summed E-state index contributed by atoms with van der Waals surface area (Å²) in [6.45, 7) is 2.04. The van der Waals surface area contributed by atoms with E-state index in [1.807, 2.05) is 6.92 Å². The summed E-state index contributed by atoms with van der Waals surface area (Å²) >= 11 is 0. The van der Waals surface area contributed by atoms with Gasteiger partial charge in [-0.05, 0) is 42.2 Å². The second-order valence-corrected chi connectivity index (χ2v) is 8.35. The molecule has 0 bridgehead atoms. The Morgan fingerprint density at radius 1 is 0.737 bits per heavy atom. The number of alkyl halides is 2. The van der Waals surface area contributed by atoms with Crippen LogP contribution in [0.3, 0.4) is 0 Å². The first-order chi connectivity index (χ1) is 18.0. The van der Waals surface area contributed by atoms with Crippen LogP contribution in [0.1, 0.15) is 30.9 Å². The molecule has 4 aromatic rings. The number of aryl methyl sites for hydroxylation is 1. The number of benzene rings is 3. The fraction of sp³-hybridized carbons (Fsp3) is 0.185. The smallest absolute Gasteiger partial charge is 0.429 e. The Balaban J connectivity index is 1.61. The van der Waals surface area contributed by atoms with Gasteiger partial charge in [0.25, 0.3) is 0 Å². The molecule has 0 aliphatic carbocycles. The SMILES string of the molecule is CCCCc1cnc(-c2ccc(-c3cc(F)c(C(F)(F)Oc4cc(F)c(F)c(F)c4)c(F)c3)c(F)c2)nc1. The molecule has 0 fully saturated rings. The van der Waals surface area contributed by atoms with Gasteiger partial charge in [-0.25, -0.2) is 36.3 Å². The van der Waals surface area contributed by atoms with Crippen LogP contribution in [0.2, 0.25) is 0 Å². The van der Waals surface area contributed by atoms with E-state index in [-0.39, 0.29) is 29.1 Å². The van der Waals surface area contributed by atoms with E-state index < -0.39 is 57.9 Å². The van der Waals surface area contributed by atoms with Crippen LogP contribution in [0.15, 0.2) is 54.9 Å². The molecule has 0 atom stereocenters. The predicted octanol–water partition coefficient (Wildman–Crippen LogP) is 8.12. The summed E-state index contributed by atoms with van der Waals surface area (Å²) in [4.78, 5) is 8.40. The third-order valence-electron chi connectivity index (χ3n) is 5.60. The predicted molar refractivity (Wildman–Crippen MR) is 122 cm³/mol. The summed E-state index contributed by atoms with van der Waals surface area (Å²) in [5.41, 5.74) is -1.40. The molecule has 4 rings (SSSR count). The van der Waals surface area contributed by atoms with Gasteiger partial charge >= 0.3 is 6.11 Å². The largest absolute Gasteiger partial charge is 0.432 e. The Hall–Kier alpha value is -4.02. The minimum atomic E-state index is -4.76. The van der Waals surface area contributed by atoms with Gasteiger partial charge in [0.15, 0.2) is 23.3 Å². The fourth-order valence-electron chi connectivity index (χ4n) is 3.70. The lowest BCUT2D eigenvalue weighted by Gasteiger charge is -2.20. The molecule has 0 spiro atoms. The molecule has 0 N–H and O–H groups in total. The zero-order valence-corrected chi connectivity index (χ0v) is 19.6. The summed E-state index contributed by atoms with van der Waals surface area (Å²) in [6, 6.07) is 4.72. The number of rotatable bonds is 8. The van der Waals surface area contributed by atoms with Crippen molar-refractivity contribution in [3.63, 3.8) is 0 Å². The first-order valence-electron chi connectivity index (χ1n) is 11.3. The van der Waals surface area contributed by atoms with E-state index in [9.17, 15) is 35.1 Å². The van der Waals surface area contributed by atoms with Crippen molar-refractivity contribution in [2.45, 2.75) is 32.3 Å². The Morgan fingerprint density at radius 3 is 1.87 bits per heavy atom. The molecule has 38 heavy (non-hydrogen) atoms. The topological polar surface area (TPSA) is 35.0 Å². The number of aromatic nitrogens is 2. The van der Waals surface area contributed by atoms with Crippen molar-refractivity contribution < 1.29 is 39.9 Å². The molecular formula is C27H18F8N2O. The highest BCUT2D eigenvalue weighted by Gasteiger charge is 2.41. The number of ether oxygens (including phenoxy) is 1. The van der Waals surface area contributed by atoms with Crippen molar-refractivity contribution in [1.82, 2.24) is 9.97 Å². The van der Waals surface area contributed by atoms with Crippen LogP contribution in [-0.2, 0) is 12.5 Å². The molecule has 3 nitrogen and oxygen atoms in total. The molecule has 3 aromatic carbocycles. The van der Waals surface area contributed by atoms with Gasteiger partial charge in [-0.1, -0.05) is 25.5 Å². The second-order valence-electron chi connectivity index (χ2n) is 8.35. The van der Waals surface area contributed by atoms with Crippen LogP contribution in [0.25, 0.3) is 22.5 Å². The van der Waals surface area contributed by atoms with Gasteiger partial charge in [-0.3, -0.25) is 0 Å². The summed E-state index contributed by atoms with van der Waals surface area (Å²) < 4.78 is 117. The molecule has 0 radical (unpaired) electrons. The quantitative estimate of drug-likeness (QED) is 0.168. The highest BCUT2D eigenvalue weighted by Crippen LogP contribution is 2.38. The number of nitrogens with zero attached hydrogens (tertiary/aromatic N) is 2. The van der Waals surface area contributed by atoms with E-state index in [4.69, 9.17) is 0 Å². The first kappa shape index (κ1) is 27.0. The molecule has 0 aliphatic heterocycles. The van der Waals surface area contributed by atoms with Crippen LogP contribution in [-0.4, -0.2) is 9.97 Å². The maximum atomic E-state index is 14.9. The van der Waals surface area contributed by atoms with Gasteiger partial charge in [0, 0.05) is 35.7 Å². The third-order valence-corrected chi connectivity index (χ3v) is 5.60. The minimum Gasteiger partial charge on any atom is -0.429 e. The number of hydrogen-bond acceptors (Lipinski definition) is 3. The highest BCUT2D eigenvalue weighted by atomic mass is 19.3. The maximum absolute atomic E-state index is 14.9. The third kappa shape index (κ3) is 5.61. The van der Waals surface area contributed by atoms with E-state index in [1.165, 1.54) is 12.1 Å². The van der Waals surface area contributed by atoms with E-state index in [2.05, 4.69) is 14.7 Å². The fourth-order valence-corrected chi connectivity index (χ4v) is 3.70. The lowest BCUT2D eigenvalue weighted by Crippen LogP contribution is -2.25. The van der Waals surface area contributed by atoms with Crippen molar-refractivity contribution in [2.75, 3.05) is 0 Å². The molecular weight excluding hydrogens is 520 g/mol. The maximum Gasteiger partial charge on any atom is 0.432 e. The molecule has 0 saturated carbocycles. The van der Waals surface area contributed by atoms with Crippen molar-refractivity contribution in [3.05, 3.63) is 101 Å². The van der Waals surface area contributed by atoms with E-state index in [0.717, 1.165) is 30.9 Å². The van der Waals surface area contributed by atoms with Crippen LogP contribution in [0.4, 0.5) is 35.1 Å². The van der Waals surface area contributed by atoms with Crippen molar-refractivity contribution in [1.29, 1.82) is 0 Å². The summed E-state index contributed by atoms with van der Waals surface area (Å²) in [5, 5.41) is 0. The highest BCUT2D eigenvalue weighted by molar-refractivity contribution is 5.69. The van der Waals surface area contributed by atoms with Gasteiger partial charge < -0.3 is 4.74 Å². The van der Waals surface area contributed by atoms with E-state index >= 15 is 0 Å². The monoisotopic (exact) mass is 538 g/mol. The van der Waals surface area contributed by atoms with E-state index in [1.54, 1.807) is 12.4 Å². The Kier molecular flexibility index (Phi) is 7.66. The standard InChI is InChI=1S/C27H18F8N2O/c1-2-3-4-14-12-36-26(37-13-14)15-5-6-18(19(28)7-15)16-8-20(29)24(21(30)9-16)27(34,35)38-17-10-22(31)25(33)23(32)11-17/h5-13H,2-4H2,1H3. The zero-order chi connectivity index (χ0) is 27.6. The van der Waals surface area contributed by atoms with Gasteiger partial charge in [-0.15, -0.1) is 0 Å². The van der Waals surface area contributed by atoms with Gasteiger partial charge in [-0.2, -0.15) is 8.78 Å². The molecule has 198 valence electrons. The summed E-state index contributed by atoms with van der Waals surface area (Å²) in [5.74, 6) is -11.2. The second kappa shape index (κ2) is 10.8. The summed E-state index contributed by atoms with van der Waals surface area (Å²) in [7, 11) is 0. The van der Waals surface area contributed by atoms with Crippen LogP contribution in [0.5, 0.6) is 5.75 Å². The average Bonchev–Trinajstić information content (AvgIpc) is 2.85. The molecule has 1 aromatic heterocycles. The van der Waals surface area contributed by atoms with Gasteiger partial charge in [0.1, 0.15) is 28.8 Å². The molecule has 0 saturated heterocycles. The summed E-state index contributed by atoms with van der Waals surface area (Å²) in [6.07, 6.45) is 1.22. The van der Waals surface area contributed by atoms with E-state index in [0.29, 0.717) is 12.1 Å². The molecule has 0 unspecified atom stereocenters. The number of halogens is 8. The first-order valence-corrected chi connectivity index (χ1v) is 11.3. The molecule has 11 heteroatoms. The van der Waals surface area contributed by atoms with Gasteiger partial charge in [0.05, 0.1) is 0 Å². The number of unbranched alkanes of at least 4 members (excludes halogenated alkanes) is 1.